The van der Waals surface area contributed by atoms with Gasteiger partial charge >= 0.3 is 0 Å². The van der Waals surface area contributed by atoms with Gasteiger partial charge in [-0.05, 0) is 26.8 Å². The molecule has 0 radical (unpaired) electrons. The first-order valence-electron chi connectivity index (χ1n) is 6.64. The first-order chi connectivity index (χ1) is 8.34. The molecule has 1 aliphatic heterocycles. The molecule has 1 amide bonds. The number of nitrogens with zero attached hydrogens (tertiary/aromatic N) is 2. The van der Waals surface area contributed by atoms with Crippen molar-refractivity contribution in [1.29, 1.82) is 0 Å². The fourth-order valence-corrected chi connectivity index (χ4v) is 2.39. The lowest BCUT2D eigenvalue weighted by Crippen LogP contribution is -2.54. The summed E-state index contributed by atoms with van der Waals surface area (Å²) in [7, 11) is 3.59. The molecular formula is C13H27N3O2. The van der Waals surface area contributed by atoms with Crippen molar-refractivity contribution in [3.05, 3.63) is 0 Å². The van der Waals surface area contributed by atoms with E-state index in [1.165, 1.54) is 0 Å². The molecule has 5 heteroatoms. The van der Waals surface area contributed by atoms with Crippen LogP contribution in [0.25, 0.3) is 0 Å². The zero-order valence-corrected chi connectivity index (χ0v) is 12.1. The summed E-state index contributed by atoms with van der Waals surface area (Å²) in [6.45, 7) is 7.44. The largest absolute Gasteiger partial charge is 0.368 e. The molecule has 0 aromatic heterocycles. The fourth-order valence-electron chi connectivity index (χ4n) is 2.39. The topological polar surface area (TPSA) is 58.8 Å². The number of morpholine rings is 1. The normalized spacial score (nSPS) is 23.9. The third-order valence-corrected chi connectivity index (χ3v) is 3.18. The van der Waals surface area contributed by atoms with Crippen molar-refractivity contribution in [2.45, 2.75) is 38.4 Å². The first-order valence-corrected chi connectivity index (χ1v) is 6.64. The molecule has 0 bridgehead atoms. The van der Waals surface area contributed by atoms with E-state index < -0.39 is 0 Å². The highest BCUT2D eigenvalue weighted by molar-refractivity contribution is 5.75. The van der Waals surface area contributed by atoms with Crippen molar-refractivity contribution in [3.8, 4) is 0 Å². The van der Waals surface area contributed by atoms with Crippen molar-refractivity contribution in [1.82, 2.24) is 9.80 Å². The highest BCUT2D eigenvalue weighted by Gasteiger charge is 2.32. The number of hydrogen-bond acceptors (Lipinski definition) is 4. The fraction of sp³-hybridized carbons (Fsp3) is 0.923. The molecule has 106 valence electrons. The highest BCUT2D eigenvalue weighted by Crippen LogP contribution is 2.20. The van der Waals surface area contributed by atoms with Crippen LogP contribution in [0.3, 0.4) is 0 Å². The van der Waals surface area contributed by atoms with Crippen molar-refractivity contribution >= 4 is 5.91 Å². The summed E-state index contributed by atoms with van der Waals surface area (Å²) < 4.78 is 5.88. The van der Waals surface area contributed by atoms with Crippen LogP contribution in [-0.4, -0.2) is 67.7 Å². The second kappa shape index (κ2) is 6.50. The maximum Gasteiger partial charge on any atom is 0.222 e. The van der Waals surface area contributed by atoms with E-state index in [-0.39, 0.29) is 17.6 Å². The van der Waals surface area contributed by atoms with Crippen molar-refractivity contribution in [2.75, 3.05) is 40.3 Å². The van der Waals surface area contributed by atoms with Gasteiger partial charge in [-0.15, -0.1) is 0 Å². The Kier molecular flexibility index (Phi) is 5.56. The minimum atomic E-state index is -0.145. The van der Waals surface area contributed by atoms with Crippen LogP contribution in [0.5, 0.6) is 0 Å². The van der Waals surface area contributed by atoms with Crippen molar-refractivity contribution < 1.29 is 9.53 Å². The van der Waals surface area contributed by atoms with Crippen molar-refractivity contribution in [2.24, 2.45) is 5.73 Å². The zero-order chi connectivity index (χ0) is 13.8. The van der Waals surface area contributed by atoms with Gasteiger partial charge in [0.05, 0.1) is 11.7 Å². The number of nitrogens with two attached hydrogens (primary N) is 1. The summed E-state index contributed by atoms with van der Waals surface area (Å²) in [5.74, 6) is 0.192. The number of hydrogen-bond donors (Lipinski definition) is 1. The van der Waals surface area contributed by atoms with Gasteiger partial charge in [0.2, 0.25) is 5.91 Å². The molecule has 1 aliphatic rings. The average Bonchev–Trinajstić information content (AvgIpc) is 2.26. The van der Waals surface area contributed by atoms with Crippen LogP contribution in [-0.2, 0) is 9.53 Å². The van der Waals surface area contributed by atoms with E-state index in [1.807, 2.05) is 0 Å². The summed E-state index contributed by atoms with van der Waals surface area (Å²) in [6.07, 6.45) is 1.61. The lowest BCUT2D eigenvalue weighted by Gasteiger charge is -2.42. The molecular weight excluding hydrogens is 230 g/mol. The van der Waals surface area contributed by atoms with Crippen LogP contribution in [0.1, 0.15) is 26.7 Å². The molecule has 0 saturated carbocycles. The Morgan fingerprint density at radius 3 is 2.72 bits per heavy atom. The molecule has 0 aromatic carbocycles. The summed E-state index contributed by atoms with van der Waals surface area (Å²) in [4.78, 5) is 15.5. The van der Waals surface area contributed by atoms with E-state index in [1.54, 1.807) is 19.0 Å². The number of ether oxygens (including phenoxy) is 1. The number of carbonyl (C=O) groups excluding carboxylic acids is 1. The highest BCUT2D eigenvalue weighted by atomic mass is 16.5. The van der Waals surface area contributed by atoms with E-state index in [4.69, 9.17) is 10.5 Å². The van der Waals surface area contributed by atoms with Crippen LogP contribution >= 0.6 is 0 Å². The number of carbonyl (C=O) groups is 1. The van der Waals surface area contributed by atoms with Gasteiger partial charge in [0, 0.05) is 40.2 Å². The monoisotopic (exact) mass is 257 g/mol. The molecule has 1 atom stereocenters. The maximum atomic E-state index is 11.5. The Hall–Kier alpha value is -0.650. The third-order valence-electron chi connectivity index (χ3n) is 3.18. The Morgan fingerprint density at radius 1 is 1.50 bits per heavy atom. The predicted octanol–water partition coefficient (Wildman–Crippen LogP) is 0.293. The summed E-state index contributed by atoms with van der Waals surface area (Å²) in [5, 5.41) is 0. The molecule has 1 fully saturated rings. The van der Waals surface area contributed by atoms with E-state index in [0.717, 1.165) is 26.1 Å². The quantitative estimate of drug-likeness (QED) is 0.769. The molecule has 18 heavy (non-hydrogen) atoms. The van der Waals surface area contributed by atoms with Crippen LogP contribution < -0.4 is 5.73 Å². The minimum absolute atomic E-state index is 0.110. The predicted molar refractivity (Wildman–Crippen MR) is 72.4 cm³/mol. The lowest BCUT2D eigenvalue weighted by atomic mass is 10.0. The molecule has 5 nitrogen and oxygen atoms in total. The van der Waals surface area contributed by atoms with Crippen molar-refractivity contribution in [3.63, 3.8) is 0 Å². The molecule has 0 aliphatic carbocycles. The second-order valence-electron chi connectivity index (χ2n) is 5.86. The Bertz CT molecular complexity index is 279. The average molecular weight is 257 g/mol. The van der Waals surface area contributed by atoms with E-state index in [2.05, 4.69) is 18.7 Å². The van der Waals surface area contributed by atoms with Gasteiger partial charge in [-0.2, -0.15) is 0 Å². The van der Waals surface area contributed by atoms with E-state index in [0.29, 0.717) is 13.0 Å². The van der Waals surface area contributed by atoms with Crippen LogP contribution in [0.2, 0.25) is 0 Å². The van der Waals surface area contributed by atoms with Gasteiger partial charge in [0.25, 0.3) is 0 Å². The Labute approximate surface area is 110 Å². The summed E-state index contributed by atoms with van der Waals surface area (Å²) in [6, 6.07) is 0. The summed E-state index contributed by atoms with van der Waals surface area (Å²) >= 11 is 0. The van der Waals surface area contributed by atoms with Gasteiger partial charge in [0.15, 0.2) is 0 Å². The third kappa shape index (κ3) is 4.92. The Balaban J connectivity index is 2.35. The van der Waals surface area contributed by atoms with Gasteiger partial charge in [-0.3, -0.25) is 9.69 Å². The van der Waals surface area contributed by atoms with Crippen LogP contribution in [0, 0.1) is 0 Å². The van der Waals surface area contributed by atoms with Crippen LogP contribution in [0.15, 0.2) is 0 Å². The zero-order valence-electron chi connectivity index (χ0n) is 12.1. The lowest BCUT2D eigenvalue weighted by molar-refractivity contribution is -0.133. The molecule has 1 saturated heterocycles. The smallest absolute Gasteiger partial charge is 0.222 e. The minimum Gasteiger partial charge on any atom is -0.368 e. The van der Waals surface area contributed by atoms with Crippen LogP contribution in [0.4, 0.5) is 0 Å². The van der Waals surface area contributed by atoms with E-state index in [9.17, 15) is 4.79 Å². The van der Waals surface area contributed by atoms with Gasteiger partial charge < -0.3 is 15.4 Å². The molecule has 1 heterocycles. The molecule has 0 spiro atoms. The number of rotatable bonds is 5. The molecule has 1 unspecified atom stereocenters. The van der Waals surface area contributed by atoms with Gasteiger partial charge in [-0.25, -0.2) is 0 Å². The van der Waals surface area contributed by atoms with Gasteiger partial charge in [0.1, 0.15) is 0 Å². The maximum absolute atomic E-state index is 11.5. The number of amides is 1. The Morgan fingerprint density at radius 2 is 2.17 bits per heavy atom. The summed E-state index contributed by atoms with van der Waals surface area (Å²) in [5.41, 5.74) is 5.55. The first kappa shape index (κ1) is 15.4. The molecule has 2 N–H and O–H groups in total. The molecule has 0 aromatic rings. The standard InChI is InChI=1S/C13H27N3O2/c1-13(2)10-16(9-11(8-14)18-13)7-5-6-12(17)15(3)4/h11H,5-10,14H2,1-4H3. The van der Waals surface area contributed by atoms with E-state index >= 15 is 0 Å². The van der Waals surface area contributed by atoms with Gasteiger partial charge in [-0.1, -0.05) is 0 Å². The molecule has 1 rings (SSSR count). The SMILES string of the molecule is CN(C)C(=O)CCCN1CC(CN)OC(C)(C)C1. The second-order valence-corrected chi connectivity index (χ2v) is 5.86.